The van der Waals surface area contributed by atoms with Crippen LogP contribution in [0.25, 0.3) is 0 Å². The fourth-order valence-corrected chi connectivity index (χ4v) is 7.57. The second-order valence-corrected chi connectivity index (χ2v) is 9.71. The van der Waals surface area contributed by atoms with Gasteiger partial charge in [-0.05, 0) is 78.4 Å². The topological polar surface area (TPSA) is 40.5 Å². The van der Waals surface area contributed by atoms with Gasteiger partial charge in [0.1, 0.15) is 0 Å². The number of aliphatic hydroxyl groups excluding tert-OH is 1. The summed E-state index contributed by atoms with van der Waals surface area (Å²) in [5, 5.41) is 21.1. The number of hydrogen-bond acceptors (Lipinski definition) is 2. The lowest BCUT2D eigenvalue weighted by Crippen LogP contribution is -2.52. The van der Waals surface area contributed by atoms with Gasteiger partial charge in [0, 0.05) is 5.41 Å². The molecule has 5 rings (SSSR count). The van der Waals surface area contributed by atoms with Crippen LogP contribution in [-0.2, 0) is 13.0 Å². The Kier molecular flexibility index (Phi) is 3.72. The Bertz CT molecular complexity index is 753. The van der Waals surface area contributed by atoms with Gasteiger partial charge in [0.2, 0.25) is 0 Å². The van der Waals surface area contributed by atoms with E-state index in [1.165, 1.54) is 24.8 Å². The summed E-state index contributed by atoms with van der Waals surface area (Å²) in [5.41, 5.74) is 3.54. The quantitative estimate of drug-likeness (QED) is 0.765. The lowest BCUT2D eigenvalue weighted by atomic mass is 9.50. The molecule has 4 aliphatic rings. The molecule has 0 bridgehead atoms. The number of aliphatic hydroxyl groups is 2. The van der Waals surface area contributed by atoms with Crippen LogP contribution in [0.3, 0.4) is 0 Å². The molecule has 7 atom stereocenters. The molecule has 0 radical (unpaired) electrons. The SMILES string of the molecule is CC[C@@H]1Cc2cc(CO)ccc2C2CC[C@@]3(C)C(C[C@H]4CC=C[C@]43O)C21. The zero-order chi connectivity index (χ0) is 18.1. The van der Waals surface area contributed by atoms with Crippen LogP contribution in [0.15, 0.2) is 30.4 Å². The molecule has 1 aromatic rings. The maximum absolute atomic E-state index is 11.6. The molecule has 0 aliphatic heterocycles. The van der Waals surface area contributed by atoms with Gasteiger partial charge >= 0.3 is 0 Å². The van der Waals surface area contributed by atoms with E-state index in [1.54, 1.807) is 5.56 Å². The van der Waals surface area contributed by atoms with Gasteiger partial charge in [-0.1, -0.05) is 50.6 Å². The van der Waals surface area contributed by atoms with Crippen molar-refractivity contribution in [2.45, 2.75) is 70.5 Å². The minimum Gasteiger partial charge on any atom is -0.392 e. The van der Waals surface area contributed by atoms with Gasteiger partial charge in [-0.15, -0.1) is 0 Å². The summed E-state index contributed by atoms with van der Waals surface area (Å²) in [6, 6.07) is 6.68. The molecule has 4 aliphatic carbocycles. The van der Waals surface area contributed by atoms with Crippen molar-refractivity contribution in [2.75, 3.05) is 0 Å². The van der Waals surface area contributed by atoms with Crippen molar-refractivity contribution < 1.29 is 10.2 Å². The van der Waals surface area contributed by atoms with E-state index >= 15 is 0 Å². The minimum atomic E-state index is -0.568. The van der Waals surface area contributed by atoms with Crippen LogP contribution in [0.4, 0.5) is 0 Å². The van der Waals surface area contributed by atoms with Gasteiger partial charge in [0.15, 0.2) is 0 Å². The number of benzene rings is 1. The summed E-state index contributed by atoms with van der Waals surface area (Å²) in [6.45, 7) is 4.87. The third-order valence-electron chi connectivity index (χ3n) is 8.93. The molecule has 140 valence electrons. The van der Waals surface area contributed by atoms with Crippen LogP contribution in [0.1, 0.15) is 68.6 Å². The van der Waals surface area contributed by atoms with Crippen molar-refractivity contribution in [3.05, 3.63) is 47.0 Å². The molecule has 0 heterocycles. The van der Waals surface area contributed by atoms with Crippen molar-refractivity contribution in [3.63, 3.8) is 0 Å². The smallest absolute Gasteiger partial charge is 0.0914 e. The van der Waals surface area contributed by atoms with Crippen molar-refractivity contribution in [3.8, 4) is 0 Å². The van der Waals surface area contributed by atoms with E-state index in [-0.39, 0.29) is 12.0 Å². The Morgan fingerprint density at radius 2 is 2.12 bits per heavy atom. The molecule has 2 saturated carbocycles. The molecule has 0 aromatic heterocycles. The summed E-state index contributed by atoms with van der Waals surface area (Å²) >= 11 is 0. The Hall–Kier alpha value is -1.12. The predicted molar refractivity (Wildman–Crippen MR) is 104 cm³/mol. The second kappa shape index (κ2) is 5.69. The van der Waals surface area contributed by atoms with Gasteiger partial charge in [-0.2, -0.15) is 0 Å². The molecule has 26 heavy (non-hydrogen) atoms. The van der Waals surface area contributed by atoms with Gasteiger partial charge in [-0.25, -0.2) is 0 Å². The first kappa shape index (κ1) is 17.0. The number of fused-ring (bicyclic) bond motifs is 7. The highest BCUT2D eigenvalue weighted by Gasteiger charge is 2.66. The zero-order valence-electron chi connectivity index (χ0n) is 16.1. The fraction of sp³-hybridized carbons (Fsp3) is 0.667. The maximum atomic E-state index is 11.6. The lowest BCUT2D eigenvalue weighted by molar-refractivity contribution is -0.0901. The Labute approximate surface area is 157 Å². The lowest BCUT2D eigenvalue weighted by Gasteiger charge is -2.55. The number of allylic oxidation sites excluding steroid dienone is 1. The Morgan fingerprint density at radius 1 is 1.27 bits per heavy atom. The van der Waals surface area contributed by atoms with Gasteiger partial charge in [0.05, 0.1) is 12.2 Å². The van der Waals surface area contributed by atoms with Gasteiger partial charge < -0.3 is 10.2 Å². The fourth-order valence-electron chi connectivity index (χ4n) is 7.57. The van der Waals surface area contributed by atoms with Crippen LogP contribution in [-0.4, -0.2) is 15.8 Å². The summed E-state index contributed by atoms with van der Waals surface area (Å²) in [6.07, 6.45) is 11.3. The molecule has 0 saturated heterocycles. The van der Waals surface area contributed by atoms with Crippen molar-refractivity contribution >= 4 is 0 Å². The minimum absolute atomic E-state index is 0.0434. The molecule has 2 heteroatoms. The highest BCUT2D eigenvalue weighted by molar-refractivity contribution is 5.40. The zero-order valence-corrected chi connectivity index (χ0v) is 16.1. The maximum Gasteiger partial charge on any atom is 0.0914 e. The van der Waals surface area contributed by atoms with E-state index in [0.717, 1.165) is 24.8 Å². The number of rotatable bonds is 2. The van der Waals surface area contributed by atoms with E-state index in [2.05, 4.69) is 44.2 Å². The van der Waals surface area contributed by atoms with Crippen LogP contribution in [0, 0.1) is 29.1 Å². The highest BCUT2D eigenvalue weighted by Crippen LogP contribution is 2.68. The van der Waals surface area contributed by atoms with Crippen molar-refractivity contribution in [1.82, 2.24) is 0 Å². The predicted octanol–water partition coefficient (Wildman–Crippen LogP) is 4.59. The molecular weight excluding hydrogens is 320 g/mol. The van der Waals surface area contributed by atoms with Crippen LogP contribution < -0.4 is 0 Å². The third-order valence-corrected chi connectivity index (χ3v) is 8.93. The molecule has 1 aromatic carbocycles. The van der Waals surface area contributed by atoms with Crippen LogP contribution >= 0.6 is 0 Å². The number of hydrogen-bond donors (Lipinski definition) is 2. The van der Waals surface area contributed by atoms with Gasteiger partial charge in [-0.3, -0.25) is 0 Å². The summed E-state index contributed by atoms with van der Waals surface area (Å²) in [5.74, 6) is 3.12. The van der Waals surface area contributed by atoms with Crippen molar-refractivity contribution in [2.24, 2.45) is 29.1 Å². The molecular formula is C24H32O2. The summed E-state index contributed by atoms with van der Waals surface area (Å²) in [4.78, 5) is 0. The summed E-state index contributed by atoms with van der Waals surface area (Å²) in [7, 11) is 0. The highest BCUT2D eigenvalue weighted by atomic mass is 16.3. The van der Waals surface area contributed by atoms with Gasteiger partial charge in [0.25, 0.3) is 0 Å². The molecule has 3 unspecified atom stereocenters. The molecule has 2 nitrogen and oxygen atoms in total. The molecule has 0 spiro atoms. The molecule has 2 N–H and O–H groups in total. The average molecular weight is 353 g/mol. The average Bonchev–Trinajstić information content (AvgIpc) is 3.13. The largest absolute Gasteiger partial charge is 0.392 e. The molecule has 2 fully saturated rings. The van der Waals surface area contributed by atoms with Crippen LogP contribution in [0.5, 0.6) is 0 Å². The van der Waals surface area contributed by atoms with E-state index < -0.39 is 5.60 Å². The van der Waals surface area contributed by atoms with E-state index in [9.17, 15) is 10.2 Å². The Morgan fingerprint density at radius 3 is 2.88 bits per heavy atom. The van der Waals surface area contributed by atoms with Crippen LogP contribution in [0.2, 0.25) is 0 Å². The van der Waals surface area contributed by atoms with Crippen molar-refractivity contribution in [1.29, 1.82) is 0 Å². The third kappa shape index (κ3) is 2.01. The normalized spacial score (nSPS) is 45.8. The first-order chi connectivity index (χ1) is 12.5. The standard InChI is InChI=1S/C24H32O2/c1-3-16-12-17-11-15(14-25)6-7-19(17)20-8-10-23(2)21(22(16)20)13-18-5-4-9-24(18,23)26/h4,6-7,9,11,16,18,20-22,25-26H,3,5,8,10,12-14H2,1-2H3/t16-,18-,20?,21?,22?,23+,24+/m1/s1. The monoisotopic (exact) mass is 352 g/mol. The molecule has 0 amide bonds. The second-order valence-electron chi connectivity index (χ2n) is 9.71. The Balaban J connectivity index is 1.58. The van der Waals surface area contributed by atoms with E-state index in [4.69, 9.17) is 0 Å². The van der Waals surface area contributed by atoms with E-state index in [1.807, 2.05) is 0 Å². The first-order valence-electron chi connectivity index (χ1n) is 10.6. The van der Waals surface area contributed by atoms with E-state index in [0.29, 0.717) is 29.6 Å². The first-order valence-corrected chi connectivity index (χ1v) is 10.6. The summed E-state index contributed by atoms with van der Waals surface area (Å²) < 4.78 is 0.